The lowest BCUT2D eigenvalue weighted by molar-refractivity contribution is 1.47. The number of rotatable bonds is 2. The Morgan fingerprint density at radius 3 is 2.62 bits per heavy atom. The summed E-state index contributed by atoms with van der Waals surface area (Å²) in [5.41, 5.74) is 0.877. The molecule has 0 fully saturated rings. The third-order valence-electron chi connectivity index (χ3n) is 0.611. The third kappa shape index (κ3) is 3.28. The van der Waals surface area contributed by atoms with E-state index in [0.29, 0.717) is 0 Å². The zero-order chi connectivity index (χ0) is 6.41. The number of nitrogens with zero attached hydrogens (tertiary/aromatic N) is 2. The molecular formula is C6H10N2. The van der Waals surface area contributed by atoms with Crippen molar-refractivity contribution in [1.29, 1.82) is 0 Å². The van der Waals surface area contributed by atoms with Crippen molar-refractivity contribution in [1.82, 2.24) is 0 Å². The van der Waals surface area contributed by atoms with Gasteiger partial charge in [-0.2, -0.15) is 0 Å². The van der Waals surface area contributed by atoms with E-state index in [9.17, 15) is 0 Å². The second-order valence-electron chi connectivity index (χ2n) is 1.34. The van der Waals surface area contributed by atoms with Crippen molar-refractivity contribution in [2.24, 2.45) is 9.98 Å². The predicted octanol–water partition coefficient (Wildman–Crippen LogP) is 1.29. The molecule has 44 valence electrons. The van der Waals surface area contributed by atoms with Crippen molar-refractivity contribution in [2.45, 2.75) is 6.92 Å². The molecule has 8 heavy (non-hydrogen) atoms. The Morgan fingerprint density at radius 1 is 1.62 bits per heavy atom. The summed E-state index contributed by atoms with van der Waals surface area (Å²) in [6.07, 6.45) is 3.18. The fourth-order valence-electron chi connectivity index (χ4n) is 0.364. The number of hydrogen-bond donors (Lipinski definition) is 0. The summed E-state index contributed by atoms with van der Waals surface area (Å²) in [7, 11) is 1.71. The Bertz CT molecular complexity index is 122. The van der Waals surface area contributed by atoms with E-state index in [1.807, 2.05) is 6.92 Å². The van der Waals surface area contributed by atoms with Gasteiger partial charge in [0, 0.05) is 19.5 Å². The van der Waals surface area contributed by atoms with Gasteiger partial charge in [-0.25, -0.2) is 0 Å². The summed E-state index contributed by atoms with van der Waals surface area (Å²) in [5, 5.41) is 0. The van der Waals surface area contributed by atoms with Crippen LogP contribution >= 0.6 is 0 Å². The number of hydrogen-bond acceptors (Lipinski definition) is 2. The first-order valence-electron chi connectivity index (χ1n) is 2.38. The smallest absolute Gasteiger partial charge is 0.0550 e. The van der Waals surface area contributed by atoms with Crippen molar-refractivity contribution >= 4 is 11.9 Å². The molecule has 0 aliphatic heterocycles. The molecule has 0 saturated carbocycles. The Kier molecular flexibility index (Phi) is 3.76. The van der Waals surface area contributed by atoms with Crippen LogP contribution in [0.25, 0.3) is 0 Å². The van der Waals surface area contributed by atoms with E-state index in [4.69, 9.17) is 0 Å². The molecule has 2 nitrogen and oxygen atoms in total. The molecule has 0 spiro atoms. The lowest BCUT2D eigenvalue weighted by Crippen LogP contribution is -1.89. The van der Waals surface area contributed by atoms with Gasteiger partial charge in [-0.3, -0.25) is 9.98 Å². The monoisotopic (exact) mass is 110 g/mol. The molecule has 2 heteroatoms. The van der Waals surface area contributed by atoms with Crippen LogP contribution in [0.5, 0.6) is 0 Å². The minimum atomic E-state index is 0.877. The highest BCUT2D eigenvalue weighted by Crippen LogP contribution is 1.72. The van der Waals surface area contributed by atoms with Crippen LogP contribution in [-0.2, 0) is 0 Å². The van der Waals surface area contributed by atoms with Crippen LogP contribution in [0, 0.1) is 0 Å². The minimum absolute atomic E-state index is 0.877. The summed E-state index contributed by atoms with van der Waals surface area (Å²) in [4.78, 5) is 7.60. The van der Waals surface area contributed by atoms with E-state index in [-0.39, 0.29) is 0 Å². The SMILES string of the molecule is C=C/N=C(C)\C=N/C. The lowest BCUT2D eigenvalue weighted by Gasteiger charge is -1.81. The molecule has 0 aromatic rings. The molecule has 0 atom stereocenters. The molecule has 0 rings (SSSR count). The van der Waals surface area contributed by atoms with Crippen LogP contribution in [0.2, 0.25) is 0 Å². The lowest BCUT2D eigenvalue weighted by atomic mass is 10.5. The zero-order valence-electron chi connectivity index (χ0n) is 5.26. The molecule has 0 amide bonds. The van der Waals surface area contributed by atoms with Gasteiger partial charge in [-0.15, -0.1) is 0 Å². The van der Waals surface area contributed by atoms with Crippen LogP contribution in [0.1, 0.15) is 6.92 Å². The quantitative estimate of drug-likeness (QED) is 0.478. The Hall–Kier alpha value is -0.920. The van der Waals surface area contributed by atoms with E-state index in [1.165, 1.54) is 6.20 Å². The van der Waals surface area contributed by atoms with E-state index in [2.05, 4.69) is 16.6 Å². The molecule has 0 saturated heterocycles. The van der Waals surface area contributed by atoms with E-state index in [1.54, 1.807) is 13.3 Å². The average Bonchev–Trinajstić information content (AvgIpc) is 1.68. The number of aliphatic imine (C=N–C) groups is 2. The molecule has 0 aromatic carbocycles. The van der Waals surface area contributed by atoms with Crippen LogP contribution in [-0.4, -0.2) is 19.0 Å². The highest BCUT2D eigenvalue weighted by Gasteiger charge is 1.74. The van der Waals surface area contributed by atoms with Gasteiger partial charge >= 0.3 is 0 Å². The molecule has 0 aromatic heterocycles. The minimum Gasteiger partial charge on any atom is -0.295 e. The summed E-state index contributed by atoms with van der Waals surface area (Å²) in [5.74, 6) is 0. The molecule has 0 N–H and O–H groups in total. The molecule has 0 bridgehead atoms. The Morgan fingerprint density at radius 2 is 2.25 bits per heavy atom. The first kappa shape index (κ1) is 7.08. The first-order valence-corrected chi connectivity index (χ1v) is 2.38. The molecule has 0 unspecified atom stereocenters. The summed E-state index contributed by atoms with van der Waals surface area (Å²) < 4.78 is 0. The maximum absolute atomic E-state index is 3.85. The van der Waals surface area contributed by atoms with Crippen LogP contribution < -0.4 is 0 Å². The third-order valence-corrected chi connectivity index (χ3v) is 0.611. The topological polar surface area (TPSA) is 24.7 Å². The average molecular weight is 110 g/mol. The van der Waals surface area contributed by atoms with Gasteiger partial charge in [0.05, 0.1) is 5.71 Å². The van der Waals surface area contributed by atoms with Gasteiger partial charge in [0.2, 0.25) is 0 Å². The van der Waals surface area contributed by atoms with Gasteiger partial charge in [-0.05, 0) is 6.92 Å². The first-order chi connectivity index (χ1) is 3.81. The van der Waals surface area contributed by atoms with Crippen LogP contribution in [0.3, 0.4) is 0 Å². The van der Waals surface area contributed by atoms with Gasteiger partial charge in [-0.1, -0.05) is 6.58 Å². The summed E-state index contributed by atoms with van der Waals surface area (Å²) in [6, 6.07) is 0. The highest BCUT2D eigenvalue weighted by atomic mass is 14.7. The summed E-state index contributed by atoms with van der Waals surface area (Å²) in [6.45, 7) is 5.30. The molecule has 0 aliphatic rings. The van der Waals surface area contributed by atoms with Gasteiger partial charge in [0.15, 0.2) is 0 Å². The maximum Gasteiger partial charge on any atom is 0.0550 e. The Balaban J connectivity index is 3.79. The molecule has 0 heterocycles. The fraction of sp³-hybridized carbons (Fsp3) is 0.333. The second-order valence-corrected chi connectivity index (χ2v) is 1.34. The van der Waals surface area contributed by atoms with Crippen molar-refractivity contribution in [3.05, 3.63) is 12.8 Å². The van der Waals surface area contributed by atoms with Crippen LogP contribution in [0.15, 0.2) is 22.8 Å². The molecular weight excluding hydrogens is 100 g/mol. The van der Waals surface area contributed by atoms with E-state index < -0.39 is 0 Å². The zero-order valence-corrected chi connectivity index (χ0v) is 5.26. The van der Waals surface area contributed by atoms with E-state index in [0.717, 1.165) is 5.71 Å². The van der Waals surface area contributed by atoms with Crippen molar-refractivity contribution in [2.75, 3.05) is 7.05 Å². The van der Waals surface area contributed by atoms with Crippen molar-refractivity contribution in [3.63, 3.8) is 0 Å². The predicted molar refractivity (Wildman–Crippen MR) is 37.7 cm³/mol. The maximum atomic E-state index is 3.85. The van der Waals surface area contributed by atoms with Crippen molar-refractivity contribution < 1.29 is 0 Å². The fourth-order valence-corrected chi connectivity index (χ4v) is 0.364. The molecule has 0 aliphatic carbocycles. The molecule has 0 radical (unpaired) electrons. The Labute approximate surface area is 49.7 Å². The van der Waals surface area contributed by atoms with Gasteiger partial charge < -0.3 is 0 Å². The second kappa shape index (κ2) is 4.24. The largest absolute Gasteiger partial charge is 0.295 e. The highest BCUT2D eigenvalue weighted by molar-refractivity contribution is 6.29. The van der Waals surface area contributed by atoms with E-state index >= 15 is 0 Å². The standard InChI is InChI=1S/C6H10N2/c1-4-8-6(2)5-7-3/h4-5H,1H2,2-3H3/b7-5-,8-6-. The van der Waals surface area contributed by atoms with Gasteiger partial charge in [0.25, 0.3) is 0 Å². The van der Waals surface area contributed by atoms with Crippen LogP contribution in [0.4, 0.5) is 0 Å². The van der Waals surface area contributed by atoms with Crippen molar-refractivity contribution in [3.8, 4) is 0 Å². The summed E-state index contributed by atoms with van der Waals surface area (Å²) >= 11 is 0. The van der Waals surface area contributed by atoms with Gasteiger partial charge in [0.1, 0.15) is 0 Å². The normalized spacial score (nSPS) is 12.5.